The molecule has 5 aliphatic rings. The third kappa shape index (κ3) is 4.01. The predicted octanol–water partition coefficient (Wildman–Crippen LogP) is 7.30. The van der Waals surface area contributed by atoms with E-state index in [4.69, 9.17) is 9.98 Å². The lowest BCUT2D eigenvalue weighted by atomic mass is 9.52. The third-order valence-electron chi connectivity index (χ3n) is 8.49. The fourth-order valence-electron chi connectivity index (χ4n) is 7.58. The number of hydrogen-bond donors (Lipinski definition) is 0. The fourth-order valence-corrected chi connectivity index (χ4v) is 8.14. The minimum Gasteiger partial charge on any atom is -0.362 e. The van der Waals surface area contributed by atoms with Gasteiger partial charge in [0.15, 0.2) is 0 Å². The first-order valence-corrected chi connectivity index (χ1v) is 13.6. The van der Waals surface area contributed by atoms with Crippen molar-refractivity contribution < 1.29 is 0 Å². The van der Waals surface area contributed by atoms with Gasteiger partial charge in [-0.2, -0.15) is 0 Å². The molecule has 5 heteroatoms. The molecule has 4 aliphatic carbocycles. The van der Waals surface area contributed by atoms with E-state index in [1.165, 1.54) is 61.0 Å². The van der Waals surface area contributed by atoms with E-state index in [9.17, 15) is 0 Å². The van der Waals surface area contributed by atoms with Crippen LogP contribution in [0.15, 0.2) is 22.1 Å². The van der Waals surface area contributed by atoms with Gasteiger partial charge in [0.25, 0.3) is 0 Å². The summed E-state index contributed by atoms with van der Waals surface area (Å²) in [6.07, 6.45) is 9.76. The molecule has 1 saturated heterocycles. The lowest BCUT2D eigenvalue weighted by molar-refractivity contribution is -0.0584. The largest absolute Gasteiger partial charge is 0.362 e. The smallest absolute Gasteiger partial charge is 0.301 e. The van der Waals surface area contributed by atoms with Crippen molar-refractivity contribution in [3.63, 3.8) is 0 Å². The Balaban J connectivity index is 1.56. The molecule has 1 heterocycles. The van der Waals surface area contributed by atoms with Crippen molar-refractivity contribution in [1.82, 2.24) is 4.90 Å². The van der Waals surface area contributed by atoms with Crippen LogP contribution in [0.1, 0.15) is 76.0 Å². The number of benzene rings is 1. The molecule has 0 amide bonds. The summed E-state index contributed by atoms with van der Waals surface area (Å²) in [6, 6.07) is 4.48. The minimum absolute atomic E-state index is 0.112. The molecule has 0 aromatic heterocycles. The molecule has 172 valence electrons. The van der Waals surface area contributed by atoms with Crippen LogP contribution in [0.5, 0.6) is 0 Å². The highest BCUT2D eigenvalue weighted by molar-refractivity contribution is 9.25. The van der Waals surface area contributed by atoms with Crippen molar-refractivity contribution in [2.24, 2.45) is 33.2 Å². The molecule has 4 bridgehead atoms. The van der Waals surface area contributed by atoms with Gasteiger partial charge in [-0.25, -0.2) is 9.98 Å². The molecule has 0 spiro atoms. The van der Waals surface area contributed by atoms with Crippen LogP contribution in [-0.4, -0.2) is 34.1 Å². The van der Waals surface area contributed by atoms with Gasteiger partial charge in [0, 0.05) is 17.5 Å². The zero-order valence-electron chi connectivity index (χ0n) is 20.8. The summed E-state index contributed by atoms with van der Waals surface area (Å²) in [7, 11) is 0. The molecule has 6 rings (SSSR count). The maximum atomic E-state index is 5.41. The summed E-state index contributed by atoms with van der Waals surface area (Å²) in [5.41, 5.74) is 6.70. The highest BCUT2D eigenvalue weighted by atomic mass is 79.9. The topological polar surface area (TPSA) is 28.0 Å². The van der Waals surface area contributed by atoms with Crippen molar-refractivity contribution in [3.05, 3.63) is 28.8 Å². The average molecular weight is 496 g/mol. The van der Waals surface area contributed by atoms with E-state index in [1.807, 2.05) is 0 Å². The van der Waals surface area contributed by atoms with Crippen LogP contribution in [0.2, 0.25) is 6.32 Å². The van der Waals surface area contributed by atoms with Crippen LogP contribution in [0, 0.1) is 43.9 Å². The van der Waals surface area contributed by atoms with E-state index < -0.39 is 0 Å². The number of halogens is 1. The number of aliphatic imine (C=N–C) groups is 2. The maximum Gasteiger partial charge on any atom is 0.301 e. The van der Waals surface area contributed by atoms with Gasteiger partial charge in [-0.15, -0.1) is 15.8 Å². The van der Waals surface area contributed by atoms with Crippen molar-refractivity contribution in [3.8, 4) is 0 Å². The highest BCUT2D eigenvalue weighted by Gasteiger charge is 2.56. The van der Waals surface area contributed by atoms with Crippen molar-refractivity contribution in [1.29, 1.82) is 0 Å². The standard InChI is InChI=1S/C27H39BBrN3/c1-17-9-18(2)23(19(3)10-17)30-24(26(4,5)6)31-25-28(29)7-8-32(25)27-14-20-11-21(15-27)13-22(12-20)16-27/h9-10,20-22H,7-8,11-16H2,1-6H3. The molecule has 1 aromatic carbocycles. The molecule has 0 N–H and O–H groups in total. The monoisotopic (exact) mass is 495 g/mol. The van der Waals surface area contributed by atoms with E-state index in [1.54, 1.807) is 0 Å². The Morgan fingerprint density at radius 3 is 2.03 bits per heavy atom. The quantitative estimate of drug-likeness (QED) is 0.240. The lowest BCUT2D eigenvalue weighted by Crippen LogP contribution is -2.61. The number of rotatable bonds is 2. The van der Waals surface area contributed by atoms with Gasteiger partial charge < -0.3 is 4.90 Å². The molecule has 3 nitrogen and oxygen atoms in total. The Morgan fingerprint density at radius 1 is 1.00 bits per heavy atom. The van der Waals surface area contributed by atoms with Crippen LogP contribution in [0.4, 0.5) is 5.69 Å². The minimum atomic E-state index is -0.112. The van der Waals surface area contributed by atoms with Gasteiger partial charge in [-0.05, 0) is 94.5 Å². The number of amidine groups is 2. The molecule has 1 aliphatic heterocycles. The Morgan fingerprint density at radius 2 is 1.53 bits per heavy atom. The van der Waals surface area contributed by atoms with E-state index in [2.05, 4.69) is 74.3 Å². The molecule has 0 unspecified atom stereocenters. The van der Waals surface area contributed by atoms with Crippen LogP contribution in [0.3, 0.4) is 0 Å². The Bertz CT molecular complexity index is 915. The maximum absolute atomic E-state index is 5.41. The second kappa shape index (κ2) is 7.99. The Kier molecular flexibility index (Phi) is 5.67. The normalized spacial score (nSPS) is 33.7. The predicted molar refractivity (Wildman–Crippen MR) is 142 cm³/mol. The first kappa shape index (κ1) is 22.7. The Hall–Kier alpha value is -1.10. The molecule has 0 atom stereocenters. The summed E-state index contributed by atoms with van der Waals surface area (Å²) < 4.78 is 0. The first-order chi connectivity index (χ1) is 15.0. The van der Waals surface area contributed by atoms with Gasteiger partial charge in [-0.3, -0.25) is 0 Å². The van der Waals surface area contributed by atoms with Crippen LogP contribution in [0.25, 0.3) is 0 Å². The van der Waals surface area contributed by atoms with Crippen molar-refractivity contribution >= 4 is 38.6 Å². The van der Waals surface area contributed by atoms with Crippen molar-refractivity contribution in [2.75, 3.05) is 6.54 Å². The average Bonchev–Trinajstić information content (AvgIpc) is 3.03. The molecule has 5 fully saturated rings. The van der Waals surface area contributed by atoms with Gasteiger partial charge >= 0.3 is 5.54 Å². The summed E-state index contributed by atoms with van der Waals surface area (Å²) >= 11 is 4.02. The fraction of sp³-hybridized carbons (Fsp3) is 0.704. The first-order valence-electron chi connectivity index (χ1n) is 12.7. The zero-order chi connectivity index (χ0) is 22.8. The van der Waals surface area contributed by atoms with Gasteiger partial charge in [0.2, 0.25) is 0 Å². The zero-order valence-corrected chi connectivity index (χ0v) is 22.4. The highest BCUT2D eigenvalue weighted by Crippen LogP contribution is 2.58. The van der Waals surface area contributed by atoms with E-state index in [0.717, 1.165) is 42.1 Å². The second-order valence-corrected chi connectivity index (χ2v) is 13.6. The van der Waals surface area contributed by atoms with Crippen molar-refractivity contribution in [2.45, 2.75) is 91.9 Å². The van der Waals surface area contributed by atoms with E-state index in [-0.39, 0.29) is 5.41 Å². The van der Waals surface area contributed by atoms with Gasteiger partial charge in [-0.1, -0.05) is 38.5 Å². The summed E-state index contributed by atoms with van der Waals surface area (Å²) in [5, 5.41) is 0. The summed E-state index contributed by atoms with van der Waals surface area (Å²) in [6.45, 7) is 14.4. The molecule has 0 radical (unpaired) electrons. The molecular formula is C27H39BBrN3. The molecule has 4 saturated carbocycles. The molecule has 1 aromatic rings. The Labute approximate surface area is 203 Å². The number of aryl methyl sites for hydroxylation is 3. The SMILES string of the molecule is Cc1cc(C)c(N=C(N=C2B(Br)CCN2C23CC4CC(CC(C4)C2)C3)C(C)(C)C)c(C)c1. The van der Waals surface area contributed by atoms with E-state index >= 15 is 0 Å². The number of hydrogen-bond acceptors (Lipinski definition) is 1. The summed E-state index contributed by atoms with van der Waals surface area (Å²) in [4.78, 5) is 13.4. The van der Waals surface area contributed by atoms with E-state index in [0.29, 0.717) is 11.1 Å². The van der Waals surface area contributed by atoms with Crippen LogP contribution >= 0.6 is 15.8 Å². The van der Waals surface area contributed by atoms with Gasteiger partial charge in [0.1, 0.15) is 5.84 Å². The second-order valence-electron chi connectivity index (χ2n) is 12.5. The summed E-state index contributed by atoms with van der Waals surface area (Å²) in [5.74, 6) is 3.81. The number of nitrogens with zero attached hydrogens (tertiary/aromatic N) is 3. The molecule has 32 heavy (non-hydrogen) atoms. The van der Waals surface area contributed by atoms with Gasteiger partial charge in [0.05, 0.1) is 11.4 Å². The third-order valence-corrected chi connectivity index (χ3v) is 9.35. The lowest BCUT2D eigenvalue weighted by Gasteiger charge is -2.60. The van der Waals surface area contributed by atoms with Crippen LogP contribution in [-0.2, 0) is 0 Å². The van der Waals surface area contributed by atoms with Crippen LogP contribution < -0.4 is 0 Å². The molecular weight excluding hydrogens is 457 g/mol.